The molecule has 6 heteroatoms. The van der Waals surface area contributed by atoms with E-state index in [0.717, 1.165) is 19.3 Å². The summed E-state index contributed by atoms with van der Waals surface area (Å²) in [4.78, 5) is 41.0. The first kappa shape index (κ1) is 20.9. The smallest absolute Gasteiger partial charge is 0.268 e. The number of carbonyl (C=O) groups is 3. The maximum absolute atomic E-state index is 12.8. The summed E-state index contributed by atoms with van der Waals surface area (Å²) in [5.41, 5.74) is 1.04. The molecule has 1 atom stereocenters. The fourth-order valence-electron chi connectivity index (χ4n) is 3.25. The van der Waals surface area contributed by atoms with Crippen LogP contribution in [0.25, 0.3) is 0 Å². The molecule has 1 aliphatic rings. The van der Waals surface area contributed by atoms with E-state index in [4.69, 9.17) is 4.74 Å². The molecule has 2 rings (SSSR count). The quantitative estimate of drug-likeness (QED) is 0.621. The lowest BCUT2D eigenvalue weighted by atomic mass is 10.0. The number of benzene rings is 1. The Hall–Kier alpha value is -2.37. The number of rotatable bonds is 9. The van der Waals surface area contributed by atoms with Crippen LogP contribution >= 0.6 is 0 Å². The highest BCUT2D eigenvalue weighted by Crippen LogP contribution is 2.35. The minimum Gasteiger partial charge on any atom is -0.479 e. The van der Waals surface area contributed by atoms with Gasteiger partial charge >= 0.3 is 0 Å². The van der Waals surface area contributed by atoms with Crippen molar-refractivity contribution in [2.24, 2.45) is 0 Å². The lowest BCUT2D eigenvalue weighted by Crippen LogP contribution is -2.49. The third kappa shape index (κ3) is 4.87. The van der Waals surface area contributed by atoms with E-state index in [9.17, 15) is 14.4 Å². The van der Waals surface area contributed by atoms with Crippen molar-refractivity contribution < 1.29 is 19.1 Å². The number of ether oxygens (including phenoxy) is 1. The summed E-state index contributed by atoms with van der Waals surface area (Å²) < 4.78 is 5.68. The van der Waals surface area contributed by atoms with Gasteiger partial charge in [0.1, 0.15) is 12.3 Å². The summed E-state index contributed by atoms with van der Waals surface area (Å²) in [7, 11) is 0. The van der Waals surface area contributed by atoms with E-state index in [0.29, 0.717) is 36.5 Å². The predicted molar refractivity (Wildman–Crippen MR) is 105 cm³/mol. The van der Waals surface area contributed by atoms with Gasteiger partial charge in [-0.3, -0.25) is 19.3 Å². The van der Waals surface area contributed by atoms with Crippen LogP contribution in [0.3, 0.4) is 0 Å². The molecule has 1 heterocycles. The monoisotopic (exact) mass is 374 g/mol. The summed E-state index contributed by atoms with van der Waals surface area (Å²) in [6.45, 7) is 8.98. The van der Waals surface area contributed by atoms with Crippen LogP contribution in [0.15, 0.2) is 18.2 Å². The van der Waals surface area contributed by atoms with Gasteiger partial charge in [-0.25, -0.2) is 0 Å². The number of ketones is 1. The van der Waals surface area contributed by atoms with Gasteiger partial charge in [0, 0.05) is 25.1 Å². The van der Waals surface area contributed by atoms with E-state index >= 15 is 0 Å². The zero-order valence-electron chi connectivity index (χ0n) is 16.8. The summed E-state index contributed by atoms with van der Waals surface area (Å²) in [6.07, 6.45) is 2.28. The molecule has 1 aromatic carbocycles. The van der Waals surface area contributed by atoms with E-state index in [2.05, 4.69) is 0 Å². The molecule has 1 aliphatic heterocycles. The van der Waals surface area contributed by atoms with E-state index in [1.807, 2.05) is 20.8 Å². The van der Waals surface area contributed by atoms with Crippen molar-refractivity contribution >= 4 is 23.3 Å². The first-order valence-corrected chi connectivity index (χ1v) is 9.85. The molecular weight excluding hydrogens is 344 g/mol. The summed E-state index contributed by atoms with van der Waals surface area (Å²) >= 11 is 0. The third-order valence-electron chi connectivity index (χ3n) is 4.60. The first-order chi connectivity index (χ1) is 12.9. The van der Waals surface area contributed by atoms with Crippen LogP contribution in [-0.2, 0) is 9.59 Å². The standard InChI is InChI=1S/C21H30N2O4/c1-5-8-18(24)16-9-10-19-17(13-16)23(21(26)15(4)27-19)14-20(25)22(11-6-2)12-7-3/h9-10,13,15H,5-8,11-12,14H2,1-4H3. The second-order valence-corrected chi connectivity index (χ2v) is 6.92. The molecule has 0 aromatic heterocycles. The van der Waals surface area contributed by atoms with Gasteiger partial charge in [-0.15, -0.1) is 0 Å². The first-order valence-electron chi connectivity index (χ1n) is 9.85. The maximum atomic E-state index is 12.8. The maximum Gasteiger partial charge on any atom is 0.268 e. The molecule has 0 spiro atoms. The van der Waals surface area contributed by atoms with E-state index < -0.39 is 6.10 Å². The van der Waals surface area contributed by atoms with Crippen LogP contribution < -0.4 is 9.64 Å². The van der Waals surface area contributed by atoms with Gasteiger partial charge in [-0.2, -0.15) is 0 Å². The van der Waals surface area contributed by atoms with Crippen LogP contribution in [0.4, 0.5) is 5.69 Å². The Morgan fingerprint density at radius 1 is 1.11 bits per heavy atom. The van der Waals surface area contributed by atoms with Crippen molar-refractivity contribution in [3.63, 3.8) is 0 Å². The fraction of sp³-hybridized carbons (Fsp3) is 0.571. The molecular formula is C21H30N2O4. The fourth-order valence-corrected chi connectivity index (χ4v) is 3.25. The predicted octanol–water partition coefficient (Wildman–Crippen LogP) is 3.43. The number of fused-ring (bicyclic) bond motifs is 1. The van der Waals surface area contributed by atoms with Crippen LogP contribution in [-0.4, -0.2) is 48.2 Å². The Morgan fingerprint density at radius 3 is 2.37 bits per heavy atom. The number of Topliss-reactive ketones (excluding diaryl/α,β-unsaturated/α-hetero) is 1. The second kappa shape index (κ2) is 9.53. The normalized spacial score (nSPS) is 15.9. The zero-order valence-corrected chi connectivity index (χ0v) is 16.8. The van der Waals surface area contributed by atoms with Gasteiger partial charge in [0.25, 0.3) is 5.91 Å². The van der Waals surface area contributed by atoms with Gasteiger partial charge in [-0.05, 0) is 44.4 Å². The van der Waals surface area contributed by atoms with Crippen LogP contribution in [0.5, 0.6) is 5.75 Å². The van der Waals surface area contributed by atoms with E-state index in [1.54, 1.807) is 30.0 Å². The molecule has 2 amide bonds. The number of nitrogens with zero attached hydrogens (tertiary/aromatic N) is 2. The average Bonchev–Trinajstić information content (AvgIpc) is 2.65. The number of carbonyl (C=O) groups excluding carboxylic acids is 3. The molecule has 6 nitrogen and oxygen atoms in total. The summed E-state index contributed by atoms with van der Waals surface area (Å²) in [6, 6.07) is 5.11. The van der Waals surface area contributed by atoms with Crippen molar-refractivity contribution in [2.45, 2.75) is 59.5 Å². The molecule has 0 bridgehead atoms. The largest absolute Gasteiger partial charge is 0.479 e. The van der Waals surface area contributed by atoms with Crippen molar-refractivity contribution in [1.82, 2.24) is 4.90 Å². The summed E-state index contributed by atoms with van der Waals surface area (Å²) in [5, 5.41) is 0. The lowest BCUT2D eigenvalue weighted by molar-refractivity contribution is -0.133. The molecule has 0 saturated carbocycles. The number of hydrogen-bond acceptors (Lipinski definition) is 4. The van der Waals surface area contributed by atoms with Gasteiger partial charge in [-0.1, -0.05) is 20.8 Å². The van der Waals surface area contributed by atoms with Crippen molar-refractivity contribution in [3.8, 4) is 5.75 Å². The van der Waals surface area contributed by atoms with Crippen LogP contribution in [0, 0.1) is 0 Å². The molecule has 1 unspecified atom stereocenters. The molecule has 0 saturated heterocycles. The highest BCUT2D eigenvalue weighted by Gasteiger charge is 2.34. The highest BCUT2D eigenvalue weighted by molar-refractivity contribution is 6.05. The molecule has 27 heavy (non-hydrogen) atoms. The molecule has 0 fully saturated rings. The van der Waals surface area contributed by atoms with Gasteiger partial charge in [0.2, 0.25) is 5.91 Å². The highest BCUT2D eigenvalue weighted by atomic mass is 16.5. The van der Waals surface area contributed by atoms with Crippen LogP contribution in [0.1, 0.15) is 63.7 Å². The average molecular weight is 374 g/mol. The molecule has 0 aliphatic carbocycles. The summed E-state index contributed by atoms with van der Waals surface area (Å²) in [5.74, 6) is 0.206. The Kier molecular flexibility index (Phi) is 7.39. The molecule has 1 aromatic rings. The van der Waals surface area contributed by atoms with Gasteiger partial charge in [0.15, 0.2) is 11.9 Å². The molecule has 148 valence electrons. The van der Waals surface area contributed by atoms with E-state index in [-0.39, 0.29) is 24.1 Å². The van der Waals surface area contributed by atoms with Crippen molar-refractivity contribution in [2.75, 3.05) is 24.5 Å². The number of hydrogen-bond donors (Lipinski definition) is 0. The zero-order chi connectivity index (χ0) is 20.0. The van der Waals surface area contributed by atoms with Crippen molar-refractivity contribution in [3.05, 3.63) is 23.8 Å². The minimum atomic E-state index is -0.659. The third-order valence-corrected chi connectivity index (χ3v) is 4.60. The lowest BCUT2D eigenvalue weighted by Gasteiger charge is -2.34. The Labute approximate surface area is 161 Å². The minimum absolute atomic E-state index is 0.0243. The Morgan fingerprint density at radius 2 is 1.78 bits per heavy atom. The SMILES string of the molecule is CCCC(=O)c1ccc2c(c1)N(CC(=O)N(CCC)CCC)C(=O)C(C)O2. The Balaban J connectivity index is 2.32. The Bertz CT molecular complexity index is 695. The molecule has 0 radical (unpaired) electrons. The topological polar surface area (TPSA) is 66.9 Å². The molecule has 0 N–H and O–H groups in total. The second-order valence-electron chi connectivity index (χ2n) is 6.92. The van der Waals surface area contributed by atoms with E-state index in [1.165, 1.54) is 4.90 Å². The van der Waals surface area contributed by atoms with Crippen LogP contribution in [0.2, 0.25) is 0 Å². The van der Waals surface area contributed by atoms with Crippen molar-refractivity contribution in [1.29, 1.82) is 0 Å². The number of anilines is 1. The number of amides is 2. The van der Waals surface area contributed by atoms with Gasteiger partial charge < -0.3 is 9.64 Å². The van der Waals surface area contributed by atoms with Gasteiger partial charge in [0.05, 0.1) is 5.69 Å².